The van der Waals surface area contributed by atoms with Crippen molar-refractivity contribution in [1.29, 1.82) is 0 Å². The standard InChI is InChI=1S/C17H23N3O5S/c1-4-20-11(6-7-16(20)21)10-19-17(22)12-8-15(26(23,24)5-2)13(18)9-14(12)25-3/h6-9,11H,4-5,10,18H2,1-3H3,(H,19,22). The number of nitrogens with one attached hydrogen (secondary N) is 1. The maximum atomic E-state index is 12.6. The molecule has 0 radical (unpaired) electrons. The number of rotatable bonds is 7. The first-order valence-corrected chi connectivity index (χ1v) is 9.87. The molecule has 2 rings (SSSR count). The quantitative estimate of drug-likeness (QED) is 0.667. The molecule has 1 aliphatic heterocycles. The third-order valence-electron chi connectivity index (χ3n) is 4.25. The van der Waals surface area contributed by atoms with Gasteiger partial charge in [0, 0.05) is 25.2 Å². The number of carbonyl (C=O) groups excluding carboxylic acids is 2. The zero-order valence-electron chi connectivity index (χ0n) is 15.0. The second-order valence-corrected chi connectivity index (χ2v) is 8.00. The molecular formula is C17H23N3O5S. The van der Waals surface area contributed by atoms with Crippen molar-refractivity contribution >= 4 is 27.3 Å². The second kappa shape index (κ2) is 7.77. The van der Waals surface area contributed by atoms with E-state index < -0.39 is 15.7 Å². The number of nitrogens with two attached hydrogens (primary N) is 1. The molecular weight excluding hydrogens is 358 g/mol. The van der Waals surface area contributed by atoms with Gasteiger partial charge in [-0.3, -0.25) is 9.59 Å². The van der Waals surface area contributed by atoms with Crippen LogP contribution in [-0.2, 0) is 14.6 Å². The van der Waals surface area contributed by atoms with Gasteiger partial charge in [-0.1, -0.05) is 13.0 Å². The summed E-state index contributed by atoms with van der Waals surface area (Å²) in [6.45, 7) is 4.08. The normalized spacial score (nSPS) is 16.8. The molecule has 1 unspecified atom stereocenters. The minimum absolute atomic E-state index is 0.0294. The van der Waals surface area contributed by atoms with Crippen LogP contribution in [0.4, 0.5) is 5.69 Å². The van der Waals surface area contributed by atoms with Gasteiger partial charge in [0.15, 0.2) is 9.84 Å². The van der Waals surface area contributed by atoms with Crippen LogP contribution in [0.3, 0.4) is 0 Å². The number of nitrogen functional groups attached to an aromatic ring is 1. The van der Waals surface area contributed by atoms with Crippen LogP contribution in [0, 0.1) is 0 Å². The fourth-order valence-corrected chi connectivity index (χ4v) is 3.79. The summed E-state index contributed by atoms with van der Waals surface area (Å²) in [6.07, 6.45) is 3.19. The lowest BCUT2D eigenvalue weighted by Gasteiger charge is -2.23. The number of ether oxygens (including phenoxy) is 1. The number of amides is 2. The van der Waals surface area contributed by atoms with Gasteiger partial charge in [-0.25, -0.2) is 8.42 Å². The summed E-state index contributed by atoms with van der Waals surface area (Å²) in [5, 5.41) is 2.72. The van der Waals surface area contributed by atoms with Crippen molar-refractivity contribution in [2.75, 3.05) is 31.7 Å². The Morgan fingerprint density at radius 2 is 2.04 bits per heavy atom. The molecule has 0 aromatic heterocycles. The highest BCUT2D eigenvalue weighted by Gasteiger charge is 2.26. The van der Waals surface area contributed by atoms with Gasteiger partial charge in [-0.05, 0) is 13.0 Å². The average Bonchev–Trinajstić information content (AvgIpc) is 2.98. The lowest BCUT2D eigenvalue weighted by molar-refractivity contribution is -0.125. The van der Waals surface area contributed by atoms with Crippen molar-refractivity contribution in [2.45, 2.75) is 24.8 Å². The summed E-state index contributed by atoms with van der Waals surface area (Å²) in [7, 11) is -2.21. The maximum Gasteiger partial charge on any atom is 0.255 e. The van der Waals surface area contributed by atoms with Crippen molar-refractivity contribution in [3.05, 3.63) is 29.8 Å². The summed E-state index contributed by atoms with van der Waals surface area (Å²) in [5.74, 6) is -0.558. The number of likely N-dealkylation sites (N-methyl/N-ethyl adjacent to an activating group) is 1. The van der Waals surface area contributed by atoms with Crippen molar-refractivity contribution in [3.8, 4) is 5.75 Å². The van der Waals surface area contributed by atoms with Crippen LogP contribution >= 0.6 is 0 Å². The van der Waals surface area contributed by atoms with Gasteiger partial charge in [0.25, 0.3) is 5.91 Å². The van der Waals surface area contributed by atoms with Crippen LogP contribution in [0.1, 0.15) is 24.2 Å². The molecule has 3 N–H and O–H groups in total. The lowest BCUT2D eigenvalue weighted by atomic mass is 10.1. The molecule has 1 atom stereocenters. The molecule has 9 heteroatoms. The first kappa shape index (κ1) is 19.8. The molecule has 0 fully saturated rings. The molecule has 26 heavy (non-hydrogen) atoms. The largest absolute Gasteiger partial charge is 0.496 e. The molecule has 0 spiro atoms. The Morgan fingerprint density at radius 1 is 1.35 bits per heavy atom. The van der Waals surface area contributed by atoms with Gasteiger partial charge in [-0.15, -0.1) is 0 Å². The zero-order valence-corrected chi connectivity index (χ0v) is 15.8. The average molecular weight is 381 g/mol. The van der Waals surface area contributed by atoms with Gasteiger partial charge < -0.3 is 20.7 Å². The first-order chi connectivity index (χ1) is 12.2. The van der Waals surface area contributed by atoms with E-state index in [2.05, 4.69) is 5.32 Å². The van der Waals surface area contributed by atoms with Crippen LogP contribution in [-0.4, -0.2) is 57.1 Å². The molecule has 1 aliphatic rings. The van der Waals surface area contributed by atoms with Gasteiger partial charge in [0.1, 0.15) is 5.75 Å². The summed E-state index contributed by atoms with van der Waals surface area (Å²) in [6, 6.07) is 2.32. The Kier molecular flexibility index (Phi) is 5.91. The van der Waals surface area contributed by atoms with Gasteiger partial charge in [0.05, 0.1) is 35.1 Å². The van der Waals surface area contributed by atoms with E-state index in [1.165, 1.54) is 32.2 Å². The minimum Gasteiger partial charge on any atom is -0.496 e. The van der Waals surface area contributed by atoms with Crippen molar-refractivity contribution in [3.63, 3.8) is 0 Å². The van der Waals surface area contributed by atoms with Crippen molar-refractivity contribution in [1.82, 2.24) is 10.2 Å². The number of sulfone groups is 1. The molecule has 2 amide bonds. The Labute approximate surface area is 152 Å². The summed E-state index contributed by atoms with van der Waals surface area (Å²) in [5.41, 5.74) is 5.91. The van der Waals surface area contributed by atoms with Crippen LogP contribution in [0.15, 0.2) is 29.2 Å². The van der Waals surface area contributed by atoms with Crippen molar-refractivity contribution < 1.29 is 22.7 Å². The molecule has 0 saturated carbocycles. The van der Waals surface area contributed by atoms with E-state index in [-0.39, 0.29) is 46.1 Å². The zero-order chi connectivity index (χ0) is 19.5. The highest BCUT2D eigenvalue weighted by Crippen LogP contribution is 2.29. The molecule has 1 heterocycles. The number of carbonyl (C=O) groups is 2. The highest BCUT2D eigenvalue weighted by atomic mass is 32.2. The van der Waals surface area contributed by atoms with E-state index in [0.29, 0.717) is 6.54 Å². The molecule has 142 valence electrons. The second-order valence-electron chi connectivity index (χ2n) is 5.75. The molecule has 0 aliphatic carbocycles. The number of nitrogens with zero attached hydrogens (tertiary/aromatic N) is 1. The van der Waals surface area contributed by atoms with Gasteiger partial charge in [-0.2, -0.15) is 0 Å². The smallest absolute Gasteiger partial charge is 0.255 e. The topological polar surface area (TPSA) is 119 Å². The predicted octanol–water partition coefficient (Wildman–Crippen LogP) is 0.588. The molecule has 1 aromatic rings. The number of anilines is 1. The van der Waals surface area contributed by atoms with Crippen LogP contribution in [0.5, 0.6) is 5.75 Å². The van der Waals surface area contributed by atoms with E-state index in [9.17, 15) is 18.0 Å². The van der Waals surface area contributed by atoms with Gasteiger partial charge in [0.2, 0.25) is 5.91 Å². The highest BCUT2D eigenvalue weighted by molar-refractivity contribution is 7.91. The molecule has 1 aromatic carbocycles. The lowest BCUT2D eigenvalue weighted by Crippen LogP contribution is -2.42. The summed E-state index contributed by atoms with van der Waals surface area (Å²) in [4.78, 5) is 25.8. The van der Waals surface area contributed by atoms with Crippen LogP contribution < -0.4 is 15.8 Å². The fourth-order valence-electron chi connectivity index (χ4n) is 2.76. The van der Waals surface area contributed by atoms with E-state index in [4.69, 9.17) is 10.5 Å². The third kappa shape index (κ3) is 3.82. The Balaban J connectivity index is 2.26. The molecule has 0 bridgehead atoms. The number of hydrogen-bond acceptors (Lipinski definition) is 6. The Bertz CT molecular complexity index is 848. The maximum absolute atomic E-state index is 12.6. The number of methoxy groups -OCH3 is 1. The number of benzene rings is 1. The Morgan fingerprint density at radius 3 is 2.62 bits per heavy atom. The monoisotopic (exact) mass is 381 g/mol. The Hall–Kier alpha value is -2.55. The van der Waals surface area contributed by atoms with E-state index >= 15 is 0 Å². The van der Waals surface area contributed by atoms with Crippen molar-refractivity contribution in [2.24, 2.45) is 0 Å². The molecule has 0 saturated heterocycles. The van der Waals surface area contributed by atoms with E-state index in [1.807, 2.05) is 6.92 Å². The molecule has 8 nitrogen and oxygen atoms in total. The third-order valence-corrected chi connectivity index (χ3v) is 6.03. The first-order valence-electron chi connectivity index (χ1n) is 8.22. The van der Waals surface area contributed by atoms with Gasteiger partial charge >= 0.3 is 0 Å². The minimum atomic E-state index is -3.59. The summed E-state index contributed by atoms with van der Waals surface area (Å²) < 4.78 is 29.5. The number of hydrogen-bond donors (Lipinski definition) is 2. The fraction of sp³-hybridized carbons (Fsp3) is 0.412. The van der Waals surface area contributed by atoms with Crippen LogP contribution in [0.2, 0.25) is 0 Å². The SMILES string of the molecule is CCN1C(=O)C=CC1CNC(=O)c1cc(S(=O)(=O)CC)c(N)cc1OC. The predicted molar refractivity (Wildman–Crippen MR) is 97.8 cm³/mol. The van der Waals surface area contributed by atoms with E-state index in [0.717, 1.165) is 0 Å². The van der Waals surface area contributed by atoms with E-state index in [1.54, 1.807) is 11.0 Å². The summed E-state index contributed by atoms with van der Waals surface area (Å²) >= 11 is 0. The van der Waals surface area contributed by atoms with Crippen LogP contribution in [0.25, 0.3) is 0 Å².